The Morgan fingerprint density at radius 3 is 2.67 bits per heavy atom. The van der Waals surface area contributed by atoms with E-state index in [9.17, 15) is 4.39 Å². The van der Waals surface area contributed by atoms with Gasteiger partial charge in [-0.1, -0.05) is 18.2 Å². The first kappa shape index (κ1) is 13.4. The lowest BCUT2D eigenvalue weighted by Crippen LogP contribution is -2.02. The Kier molecular flexibility index (Phi) is 3.69. The van der Waals surface area contributed by atoms with Crippen LogP contribution in [0.2, 0.25) is 0 Å². The molecule has 1 aromatic heterocycles. The number of aromatic nitrogens is 2. The highest BCUT2D eigenvalue weighted by Crippen LogP contribution is 2.17. The zero-order valence-corrected chi connectivity index (χ0v) is 11.8. The Labute approximate surface area is 123 Å². The van der Waals surface area contributed by atoms with E-state index in [1.807, 2.05) is 48.1 Å². The van der Waals surface area contributed by atoms with Gasteiger partial charge in [-0.3, -0.25) is 0 Å². The van der Waals surface area contributed by atoms with Crippen molar-refractivity contribution >= 4 is 5.69 Å². The average molecular weight is 281 g/mol. The second kappa shape index (κ2) is 5.79. The Balaban J connectivity index is 1.70. The van der Waals surface area contributed by atoms with E-state index in [1.165, 1.54) is 12.1 Å². The maximum atomic E-state index is 13.2. The van der Waals surface area contributed by atoms with Crippen molar-refractivity contribution in [3.05, 3.63) is 77.9 Å². The number of anilines is 1. The second-order valence-corrected chi connectivity index (χ2v) is 4.93. The minimum Gasteiger partial charge on any atom is -0.381 e. The van der Waals surface area contributed by atoms with Crippen molar-refractivity contribution < 1.29 is 4.39 Å². The number of halogens is 1. The van der Waals surface area contributed by atoms with Crippen LogP contribution in [0.5, 0.6) is 0 Å². The number of hydrogen-bond acceptors (Lipinski definition) is 2. The van der Waals surface area contributed by atoms with Gasteiger partial charge in [-0.25, -0.2) is 9.07 Å². The molecule has 106 valence electrons. The quantitative estimate of drug-likeness (QED) is 0.785. The molecule has 0 aliphatic rings. The van der Waals surface area contributed by atoms with Crippen LogP contribution in [0.4, 0.5) is 10.1 Å². The molecule has 2 aromatic carbocycles. The molecule has 0 atom stereocenters. The van der Waals surface area contributed by atoms with Crippen LogP contribution < -0.4 is 5.32 Å². The van der Waals surface area contributed by atoms with Crippen molar-refractivity contribution in [3.63, 3.8) is 0 Å². The summed E-state index contributed by atoms with van der Waals surface area (Å²) in [7, 11) is 0. The first-order valence-corrected chi connectivity index (χ1v) is 6.81. The van der Waals surface area contributed by atoms with Crippen molar-refractivity contribution in [2.24, 2.45) is 0 Å². The smallest absolute Gasteiger partial charge is 0.125 e. The average Bonchev–Trinajstić information content (AvgIpc) is 3.03. The minimum absolute atomic E-state index is 0.225. The molecule has 3 aromatic rings. The van der Waals surface area contributed by atoms with E-state index in [2.05, 4.69) is 10.4 Å². The zero-order valence-electron chi connectivity index (χ0n) is 11.8. The Bertz CT molecular complexity index is 718. The van der Waals surface area contributed by atoms with Gasteiger partial charge in [0.15, 0.2) is 0 Å². The topological polar surface area (TPSA) is 29.9 Å². The van der Waals surface area contributed by atoms with Crippen LogP contribution in [-0.4, -0.2) is 9.78 Å². The van der Waals surface area contributed by atoms with Gasteiger partial charge in [-0.2, -0.15) is 5.10 Å². The second-order valence-electron chi connectivity index (χ2n) is 4.93. The largest absolute Gasteiger partial charge is 0.381 e. The number of rotatable bonds is 4. The normalized spacial score (nSPS) is 10.6. The van der Waals surface area contributed by atoms with Gasteiger partial charge in [-0.05, 0) is 48.4 Å². The predicted octanol–water partition coefficient (Wildman–Crippen LogP) is 3.93. The number of aryl methyl sites for hydroxylation is 1. The lowest BCUT2D eigenvalue weighted by atomic mass is 10.1. The number of hydrogen-bond donors (Lipinski definition) is 1. The summed E-state index contributed by atoms with van der Waals surface area (Å²) in [6.07, 6.45) is 3.66. The zero-order chi connectivity index (χ0) is 14.7. The van der Waals surface area contributed by atoms with Gasteiger partial charge in [0.05, 0.1) is 5.69 Å². The summed E-state index contributed by atoms with van der Waals surface area (Å²) in [5.41, 5.74) is 4.01. The van der Waals surface area contributed by atoms with E-state index in [0.29, 0.717) is 6.54 Å². The fraction of sp³-hybridized carbons (Fsp3) is 0.118. The molecule has 0 spiro atoms. The van der Waals surface area contributed by atoms with Crippen molar-refractivity contribution in [2.45, 2.75) is 13.5 Å². The fourth-order valence-electron chi connectivity index (χ4n) is 2.17. The van der Waals surface area contributed by atoms with Crippen molar-refractivity contribution in [1.82, 2.24) is 9.78 Å². The van der Waals surface area contributed by atoms with E-state index in [4.69, 9.17) is 0 Å². The van der Waals surface area contributed by atoms with E-state index in [0.717, 1.165) is 22.5 Å². The van der Waals surface area contributed by atoms with E-state index in [1.54, 1.807) is 12.3 Å². The first-order chi connectivity index (χ1) is 10.2. The van der Waals surface area contributed by atoms with Crippen LogP contribution in [-0.2, 0) is 6.54 Å². The minimum atomic E-state index is -0.225. The van der Waals surface area contributed by atoms with Crippen LogP contribution in [0, 0.1) is 12.7 Å². The summed E-state index contributed by atoms with van der Waals surface area (Å²) in [5.74, 6) is -0.225. The molecule has 0 saturated heterocycles. The van der Waals surface area contributed by atoms with E-state index >= 15 is 0 Å². The highest BCUT2D eigenvalue weighted by Gasteiger charge is 2.01. The van der Waals surface area contributed by atoms with Crippen LogP contribution in [0.25, 0.3) is 5.69 Å². The van der Waals surface area contributed by atoms with Gasteiger partial charge in [0.1, 0.15) is 5.82 Å². The molecule has 0 saturated carbocycles. The number of nitrogens with one attached hydrogen (secondary N) is 1. The Morgan fingerprint density at radius 1 is 1.14 bits per heavy atom. The molecule has 0 aliphatic heterocycles. The summed E-state index contributed by atoms with van der Waals surface area (Å²) in [6.45, 7) is 2.62. The van der Waals surface area contributed by atoms with Crippen LogP contribution in [0.15, 0.2) is 60.9 Å². The molecule has 0 bridgehead atoms. The monoisotopic (exact) mass is 281 g/mol. The molecule has 0 unspecified atom stereocenters. The van der Waals surface area contributed by atoms with Crippen molar-refractivity contribution in [2.75, 3.05) is 5.32 Å². The molecular formula is C17H16FN3. The summed E-state index contributed by atoms with van der Waals surface area (Å²) in [4.78, 5) is 0. The first-order valence-electron chi connectivity index (χ1n) is 6.81. The SMILES string of the molecule is Cc1ccc(F)cc1NCc1ccc(-n2cccn2)cc1. The van der Waals surface area contributed by atoms with Crippen LogP contribution in [0.1, 0.15) is 11.1 Å². The molecule has 21 heavy (non-hydrogen) atoms. The van der Waals surface area contributed by atoms with E-state index in [-0.39, 0.29) is 5.82 Å². The number of nitrogens with zero attached hydrogens (tertiary/aromatic N) is 2. The third-order valence-corrected chi connectivity index (χ3v) is 3.39. The van der Waals surface area contributed by atoms with Crippen molar-refractivity contribution in [3.8, 4) is 5.69 Å². The molecule has 0 aliphatic carbocycles. The lowest BCUT2D eigenvalue weighted by molar-refractivity contribution is 0.628. The summed E-state index contributed by atoms with van der Waals surface area (Å²) >= 11 is 0. The molecule has 1 N–H and O–H groups in total. The van der Waals surface area contributed by atoms with Crippen LogP contribution in [0.3, 0.4) is 0 Å². The Hall–Kier alpha value is -2.62. The summed E-state index contributed by atoms with van der Waals surface area (Å²) in [5, 5.41) is 7.45. The van der Waals surface area contributed by atoms with Crippen LogP contribution >= 0.6 is 0 Å². The predicted molar refractivity (Wildman–Crippen MR) is 82.0 cm³/mol. The molecule has 0 amide bonds. The van der Waals surface area contributed by atoms with Gasteiger partial charge in [0, 0.05) is 24.6 Å². The number of benzene rings is 2. The lowest BCUT2D eigenvalue weighted by Gasteiger charge is -2.10. The fourth-order valence-corrected chi connectivity index (χ4v) is 2.17. The third kappa shape index (κ3) is 3.11. The summed E-state index contributed by atoms with van der Waals surface area (Å²) in [6, 6.07) is 14.8. The third-order valence-electron chi connectivity index (χ3n) is 3.39. The molecule has 4 heteroatoms. The maximum absolute atomic E-state index is 13.2. The van der Waals surface area contributed by atoms with Gasteiger partial charge >= 0.3 is 0 Å². The molecule has 1 heterocycles. The summed E-state index contributed by atoms with van der Waals surface area (Å²) < 4.78 is 15.0. The molecule has 0 fully saturated rings. The van der Waals surface area contributed by atoms with Gasteiger partial charge < -0.3 is 5.32 Å². The molecular weight excluding hydrogens is 265 g/mol. The maximum Gasteiger partial charge on any atom is 0.125 e. The van der Waals surface area contributed by atoms with Gasteiger partial charge in [-0.15, -0.1) is 0 Å². The standard InChI is InChI=1S/C17H16FN3/c1-13-3-6-15(18)11-17(13)19-12-14-4-7-16(8-5-14)21-10-2-9-20-21/h2-11,19H,12H2,1H3. The Morgan fingerprint density at radius 2 is 1.95 bits per heavy atom. The van der Waals surface area contributed by atoms with Gasteiger partial charge in [0.25, 0.3) is 0 Å². The highest BCUT2D eigenvalue weighted by atomic mass is 19.1. The highest BCUT2D eigenvalue weighted by molar-refractivity contribution is 5.51. The molecule has 0 radical (unpaired) electrons. The van der Waals surface area contributed by atoms with Crippen molar-refractivity contribution in [1.29, 1.82) is 0 Å². The molecule has 3 rings (SSSR count). The van der Waals surface area contributed by atoms with E-state index < -0.39 is 0 Å². The van der Waals surface area contributed by atoms with Gasteiger partial charge in [0.2, 0.25) is 0 Å². The molecule has 3 nitrogen and oxygen atoms in total.